The summed E-state index contributed by atoms with van der Waals surface area (Å²) in [6, 6.07) is 14.3. The smallest absolute Gasteiger partial charge is 0.0595 e. The van der Waals surface area contributed by atoms with Crippen LogP contribution in [-0.4, -0.2) is 20.6 Å². The van der Waals surface area contributed by atoms with E-state index in [0.29, 0.717) is 16.6 Å². The molecule has 0 amide bonds. The summed E-state index contributed by atoms with van der Waals surface area (Å²) in [5.74, 6) is 0.241. The predicted molar refractivity (Wildman–Crippen MR) is 92.7 cm³/mol. The summed E-state index contributed by atoms with van der Waals surface area (Å²) in [5.41, 5.74) is 9.52. The van der Waals surface area contributed by atoms with Gasteiger partial charge in [-0.2, -0.15) is 0 Å². The average molecular weight is 323 g/mol. The molecule has 1 unspecified atom stereocenters. The second-order valence-electron chi connectivity index (χ2n) is 5.37. The van der Waals surface area contributed by atoms with Crippen LogP contribution in [0.1, 0.15) is 17.0 Å². The topological polar surface area (TPSA) is 29.3 Å². The first kappa shape index (κ1) is 16.2. The van der Waals surface area contributed by atoms with Crippen molar-refractivity contribution < 1.29 is 0 Å². The molecule has 0 fully saturated rings. The van der Waals surface area contributed by atoms with Crippen LogP contribution in [0.5, 0.6) is 0 Å². The lowest BCUT2D eigenvalue weighted by molar-refractivity contribution is 0.694. The van der Waals surface area contributed by atoms with Crippen LogP contribution in [0.4, 0.5) is 5.69 Å². The second kappa shape index (κ2) is 7.17. The van der Waals surface area contributed by atoms with E-state index in [4.69, 9.17) is 28.9 Å². The summed E-state index contributed by atoms with van der Waals surface area (Å²) in [4.78, 5) is 2.09. The lowest BCUT2D eigenvalue weighted by Crippen LogP contribution is -2.15. The van der Waals surface area contributed by atoms with Crippen molar-refractivity contribution >= 4 is 28.9 Å². The van der Waals surface area contributed by atoms with Crippen LogP contribution in [0.15, 0.2) is 42.5 Å². The molecule has 2 rings (SSSR count). The zero-order chi connectivity index (χ0) is 15.4. The highest BCUT2D eigenvalue weighted by molar-refractivity contribution is 6.42. The molecule has 0 spiro atoms. The highest BCUT2D eigenvalue weighted by Crippen LogP contribution is 2.28. The Balaban J connectivity index is 2.16. The molecule has 0 aromatic heterocycles. The molecule has 0 aliphatic carbocycles. The minimum atomic E-state index is 0.241. The van der Waals surface area contributed by atoms with Crippen molar-refractivity contribution in [3.63, 3.8) is 0 Å². The molecule has 0 bridgehead atoms. The second-order valence-corrected chi connectivity index (χ2v) is 6.19. The van der Waals surface area contributed by atoms with Crippen LogP contribution in [0.3, 0.4) is 0 Å². The van der Waals surface area contributed by atoms with Crippen LogP contribution in [0, 0.1) is 0 Å². The maximum absolute atomic E-state index is 6.10. The third-order valence-electron chi connectivity index (χ3n) is 3.63. The fourth-order valence-electron chi connectivity index (χ4n) is 2.32. The molecule has 0 heterocycles. The molecule has 2 aromatic carbocycles. The summed E-state index contributed by atoms with van der Waals surface area (Å²) in [5, 5.41) is 1.15. The van der Waals surface area contributed by atoms with Crippen LogP contribution in [-0.2, 0) is 6.42 Å². The van der Waals surface area contributed by atoms with Crippen molar-refractivity contribution in [2.24, 2.45) is 5.73 Å². The third-order valence-corrected chi connectivity index (χ3v) is 4.37. The first-order valence-corrected chi connectivity index (χ1v) is 7.68. The number of nitrogens with two attached hydrogens (primary N) is 1. The Morgan fingerprint density at radius 3 is 2.19 bits per heavy atom. The summed E-state index contributed by atoms with van der Waals surface area (Å²) in [7, 11) is 4.07. The quantitative estimate of drug-likeness (QED) is 0.887. The van der Waals surface area contributed by atoms with Crippen LogP contribution in [0.25, 0.3) is 0 Å². The van der Waals surface area contributed by atoms with Gasteiger partial charge in [0.1, 0.15) is 0 Å². The highest BCUT2D eigenvalue weighted by Gasteiger charge is 2.12. The fourth-order valence-corrected chi connectivity index (χ4v) is 2.62. The SMILES string of the molecule is CN(C)c1ccc(CC(CN)c2ccc(Cl)c(Cl)c2)cc1. The fraction of sp³-hybridized carbons (Fsp3) is 0.294. The van der Waals surface area contributed by atoms with Crippen LogP contribution >= 0.6 is 23.2 Å². The number of hydrogen-bond acceptors (Lipinski definition) is 2. The van der Waals surface area contributed by atoms with Crippen LogP contribution < -0.4 is 10.6 Å². The normalized spacial score (nSPS) is 12.2. The number of benzene rings is 2. The summed E-state index contributed by atoms with van der Waals surface area (Å²) < 4.78 is 0. The number of nitrogens with zero attached hydrogens (tertiary/aromatic N) is 1. The molecule has 1 atom stereocenters. The Morgan fingerprint density at radius 2 is 1.67 bits per heavy atom. The van der Waals surface area contributed by atoms with E-state index >= 15 is 0 Å². The maximum Gasteiger partial charge on any atom is 0.0595 e. The van der Waals surface area contributed by atoms with Gasteiger partial charge in [0.2, 0.25) is 0 Å². The van der Waals surface area contributed by atoms with E-state index < -0.39 is 0 Å². The Kier molecular flexibility index (Phi) is 5.51. The zero-order valence-electron chi connectivity index (χ0n) is 12.3. The minimum absolute atomic E-state index is 0.241. The Morgan fingerprint density at radius 1 is 1.00 bits per heavy atom. The monoisotopic (exact) mass is 322 g/mol. The Labute approximate surface area is 136 Å². The molecule has 112 valence electrons. The third kappa shape index (κ3) is 4.13. The van der Waals surface area contributed by atoms with E-state index in [9.17, 15) is 0 Å². The lowest BCUT2D eigenvalue weighted by Gasteiger charge is -2.17. The van der Waals surface area contributed by atoms with Gasteiger partial charge in [-0.25, -0.2) is 0 Å². The van der Waals surface area contributed by atoms with Crippen LogP contribution in [0.2, 0.25) is 10.0 Å². The van der Waals surface area contributed by atoms with Gasteiger partial charge in [0.05, 0.1) is 10.0 Å². The molecule has 0 saturated heterocycles. The largest absolute Gasteiger partial charge is 0.378 e. The number of anilines is 1. The number of hydrogen-bond donors (Lipinski definition) is 1. The van der Waals surface area contributed by atoms with Gasteiger partial charge in [0.15, 0.2) is 0 Å². The maximum atomic E-state index is 6.10. The molecule has 0 aliphatic heterocycles. The number of rotatable bonds is 5. The van der Waals surface area contributed by atoms with Crippen molar-refractivity contribution in [3.05, 3.63) is 63.6 Å². The minimum Gasteiger partial charge on any atom is -0.378 e. The van der Waals surface area contributed by atoms with E-state index in [1.54, 1.807) is 0 Å². The van der Waals surface area contributed by atoms with Gasteiger partial charge in [-0.3, -0.25) is 0 Å². The molecule has 2 N–H and O–H groups in total. The Bertz CT molecular complexity index is 594. The van der Waals surface area contributed by atoms with Crippen molar-refractivity contribution in [1.29, 1.82) is 0 Å². The average Bonchev–Trinajstić information content (AvgIpc) is 2.48. The van der Waals surface area contributed by atoms with Gasteiger partial charge in [-0.05, 0) is 48.4 Å². The lowest BCUT2D eigenvalue weighted by atomic mass is 9.92. The van der Waals surface area contributed by atoms with E-state index in [1.807, 2.05) is 32.3 Å². The van der Waals surface area contributed by atoms with Crippen molar-refractivity contribution in [3.8, 4) is 0 Å². The van der Waals surface area contributed by atoms with E-state index in [1.165, 1.54) is 11.3 Å². The first-order chi connectivity index (χ1) is 10.0. The molecule has 0 aliphatic rings. The summed E-state index contributed by atoms with van der Waals surface area (Å²) >= 11 is 12.1. The highest BCUT2D eigenvalue weighted by atomic mass is 35.5. The van der Waals surface area contributed by atoms with E-state index in [2.05, 4.69) is 29.2 Å². The van der Waals surface area contributed by atoms with Gasteiger partial charge < -0.3 is 10.6 Å². The van der Waals surface area contributed by atoms with Crippen molar-refractivity contribution in [2.75, 3.05) is 25.5 Å². The molecular weight excluding hydrogens is 303 g/mol. The van der Waals surface area contributed by atoms with E-state index in [-0.39, 0.29) is 5.92 Å². The molecule has 2 aromatic rings. The predicted octanol–water partition coefficient (Wildman–Crippen LogP) is 4.34. The first-order valence-electron chi connectivity index (χ1n) is 6.92. The summed E-state index contributed by atoms with van der Waals surface area (Å²) in [6.45, 7) is 0.577. The van der Waals surface area contributed by atoms with Crippen molar-refractivity contribution in [2.45, 2.75) is 12.3 Å². The molecule has 0 saturated carbocycles. The standard InChI is InChI=1S/C17H20Cl2N2/c1-21(2)15-6-3-12(4-7-15)9-14(11-20)13-5-8-16(18)17(19)10-13/h3-8,10,14H,9,11,20H2,1-2H3. The molecule has 2 nitrogen and oxygen atoms in total. The Hall–Kier alpha value is -1.22. The molecule has 21 heavy (non-hydrogen) atoms. The van der Waals surface area contributed by atoms with Gasteiger partial charge >= 0.3 is 0 Å². The van der Waals surface area contributed by atoms with Gasteiger partial charge in [-0.1, -0.05) is 41.4 Å². The number of halogens is 2. The van der Waals surface area contributed by atoms with Gasteiger partial charge in [0.25, 0.3) is 0 Å². The zero-order valence-corrected chi connectivity index (χ0v) is 13.8. The van der Waals surface area contributed by atoms with E-state index in [0.717, 1.165) is 12.0 Å². The van der Waals surface area contributed by atoms with Gasteiger partial charge in [0, 0.05) is 25.7 Å². The molecule has 0 radical (unpaired) electrons. The molecular formula is C17H20Cl2N2. The molecule has 4 heteroatoms. The van der Waals surface area contributed by atoms with Crippen molar-refractivity contribution in [1.82, 2.24) is 0 Å². The van der Waals surface area contributed by atoms with Gasteiger partial charge in [-0.15, -0.1) is 0 Å². The summed E-state index contributed by atoms with van der Waals surface area (Å²) in [6.07, 6.45) is 0.891.